The van der Waals surface area contributed by atoms with Gasteiger partial charge in [0.1, 0.15) is 17.8 Å². The summed E-state index contributed by atoms with van der Waals surface area (Å²) in [6.45, 7) is 7.62. The van der Waals surface area contributed by atoms with E-state index in [1.807, 2.05) is 17.7 Å². The molecule has 5 heterocycles. The lowest BCUT2D eigenvalue weighted by atomic mass is 9.81. The summed E-state index contributed by atoms with van der Waals surface area (Å²) in [7, 11) is 0. The van der Waals surface area contributed by atoms with Crippen molar-refractivity contribution in [3.8, 4) is 0 Å². The van der Waals surface area contributed by atoms with Gasteiger partial charge in [0.05, 0.1) is 42.7 Å². The van der Waals surface area contributed by atoms with E-state index < -0.39 is 72.4 Å². The molecular formula is C37H48F5N10O4+. The molecule has 3 amide bonds. The normalized spacial score (nSPS) is 24.1. The number of hydrogen-bond donors (Lipinski definition) is 2. The van der Waals surface area contributed by atoms with E-state index in [-0.39, 0.29) is 80.1 Å². The van der Waals surface area contributed by atoms with Crippen molar-refractivity contribution in [1.29, 1.82) is 0 Å². The number of piperidine rings is 1. The molecule has 4 aliphatic rings. The predicted octanol–water partition coefficient (Wildman–Crippen LogP) is 5.24. The molecule has 2 saturated carbocycles. The van der Waals surface area contributed by atoms with Crippen molar-refractivity contribution in [2.45, 2.75) is 115 Å². The average Bonchev–Trinajstić information content (AvgIpc) is 3.71. The first-order valence-electron chi connectivity index (χ1n) is 19.3. The van der Waals surface area contributed by atoms with Crippen LogP contribution in [0, 0.1) is 23.7 Å². The number of alkyl halides is 5. The van der Waals surface area contributed by atoms with E-state index in [0.717, 1.165) is 12.8 Å². The number of aromatic nitrogens is 6. The monoisotopic (exact) mass is 791 g/mol. The first-order chi connectivity index (χ1) is 26.4. The molecule has 4 atom stereocenters. The molecule has 3 aromatic heterocycles. The third-order valence-corrected chi connectivity index (χ3v) is 11.1. The molecular weight excluding hydrogens is 743 g/mol. The van der Waals surface area contributed by atoms with Crippen molar-refractivity contribution in [2.75, 3.05) is 19.6 Å². The number of halogens is 5. The van der Waals surface area contributed by atoms with Crippen LogP contribution in [0.5, 0.6) is 0 Å². The highest BCUT2D eigenvalue weighted by atomic mass is 19.4. The standard InChI is InChI=1S/C37H47F5N10O4/c1-5-51-27(10-13-44-51)32(54)46-29(22-8-11-36(38,39)12-9-22)26-19-52-33(45-26)47-30(25(48-52)17-23-16-24(37(40,41)42)18-43-31(23)53)49-14-15-50(28(20-49)21-6-7-21)34(55)56-35(2,3)4/h10,13,19-24,28-29H,5-9,11-12,14-18H2,1-4H3,(H-,43,46,53,54)/p+1/t23-,24-,28?,29+/m1/s1. The summed E-state index contributed by atoms with van der Waals surface area (Å²) in [5, 5.41) is 14.4. The van der Waals surface area contributed by atoms with Gasteiger partial charge in [0.25, 0.3) is 5.91 Å². The molecule has 0 radical (unpaired) electrons. The van der Waals surface area contributed by atoms with Crippen LogP contribution in [0.25, 0.3) is 5.78 Å². The molecule has 19 heteroatoms. The molecule has 7 rings (SSSR count). The number of amides is 3. The zero-order chi connectivity index (χ0) is 40.2. The summed E-state index contributed by atoms with van der Waals surface area (Å²) >= 11 is 0. The van der Waals surface area contributed by atoms with Crippen LogP contribution in [0.2, 0.25) is 0 Å². The Hall–Kier alpha value is -4.71. The van der Waals surface area contributed by atoms with Crippen molar-refractivity contribution in [2.24, 2.45) is 23.7 Å². The largest absolute Gasteiger partial charge is 0.444 e. The number of rotatable bonds is 9. The van der Waals surface area contributed by atoms with E-state index in [0.29, 0.717) is 12.2 Å². The van der Waals surface area contributed by atoms with Crippen LogP contribution < -0.4 is 10.6 Å². The van der Waals surface area contributed by atoms with Gasteiger partial charge < -0.3 is 15.4 Å². The Balaban J connectivity index is 1.28. The van der Waals surface area contributed by atoms with Gasteiger partial charge in [0, 0.05) is 49.5 Å². The van der Waals surface area contributed by atoms with Crippen molar-refractivity contribution >= 4 is 35.7 Å². The molecule has 1 unspecified atom stereocenters. The number of imidazole rings is 1. The van der Waals surface area contributed by atoms with E-state index in [1.165, 1.54) is 15.4 Å². The Bertz CT molecular complexity index is 1990. The zero-order valence-corrected chi connectivity index (χ0v) is 31.9. The maximum Gasteiger partial charge on any atom is 0.411 e. The number of aryl methyl sites for hydroxylation is 1. The number of carbonyl (C=O) groups is 3. The number of carbonyl (C=O) groups excluding carboxylic acids is 3. The van der Waals surface area contributed by atoms with E-state index in [2.05, 4.69) is 15.7 Å². The van der Waals surface area contributed by atoms with Gasteiger partial charge >= 0.3 is 23.9 Å². The Labute approximate surface area is 320 Å². The Morgan fingerprint density at radius 3 is 2.52 bits per heavy atom. The number of nitrogens with one attached hydrogen (secondary N) is 2. The SMILES string of the molecule is CCn1nccc1C(=O)N[C@H](c1cn2nc(C[C@H]3C[C@@H](C(F)(F)F)CNC3=O)c([N+]3=CC(C4CC4)N(C(=O)OC(C)(C)C)CC3)nc2n1)C1CCC(F)(F)CC1. The average molecular weight is 792 g/mol. The van der Waals surface area contributed by atoms with Crippen LogP contribution in [0.3, 0.4) is 0 Å². The fourth-order valence-electron chi connectivity index (χ4n) is 7.98. The first-order valence-corrected chi connectivity index (χ1v) is 19.3. The molecule has 14 nitrogen and oxygen atoms in total. The maximum absolute atomic E-state index is 14.3. The van der Waals surface area contributed by atoms with Gasteiger partial charge in [0.2, 0.25) is 11.8 Å². The van der Waals surface area contributed by atoms with Crippen molar-refractivity contribution < 1.29 is 45.6 Å². The van der Waals surface area contributed by atoms with Gasteiger partial charge in [-0.05, 0) is 77.7 Å². The highest BCUT2D eigenvalue weighted by Crippen LogP contribution is 2.42. The maximum atomic E-state index is 14.3. The summed E-state index contributed by atoms with van der Waals surface area (Å²) < 4.78 is 80.6. The smallest absolute Gasteiger partial charge is 0.411 e. The van der Waals surface area contributed by atoms with Gasteiger partial charge in [-0.1, -0.05) is 0 Å². The minimum atomic E-state index is -4.51. The van der Waals surface area contributed by atoms with Crippen LogP contribution >= 0.6 is 0 Å². The fraction of sp³-hybridized carbons (Fsp3) is 0.676. The summed E-state index contributed by atoms with van der Waals surface area (Å²) in [6.07, 6.45) is 0.624. The van der Waals surface area contributed by atoms with E-state index in [1.54, 1.807) is 37.9 Å². The molecule has 0 aromatic carbocycles. The van der Waals surface area contributed by atoms with Crippen molar-refractivity contribution in [1.82, 2.24) is 44.9 Å². The lowest BCUT2D eigenvalue weighted by molar-refractivity contribution is -0.450. The third kappa shape index (κ3) is 8.65. The summed E-state index contributed by atoms with van der Waals surface area (Å²) in [4.78, 5) is 51.2. The van der Waals surface area contributed by atoms with Crippen LogP contribution in [-0.2, 0) is 22.5 Å². The first kappa shape index (κ1) is 39.5. The summed E-state index contributed by atoms with van der Waals surface area (Å²) in [6, 6.07) is 0.400. The summed E-state index contributed by atoms with van der Waals surface area (Å²) in [5.41, 5.74) is 0.135. The molecule has 2 aliphatic heterocycles. The van der Waals surface area contributed by atoms with Gasteiger partial charge in [-0.25, -0.2) is 18.2 Å². The topological polar surface area (TPSA) is 152 Å². The fourth-order valence-corrected chi connectivity index (χ4v) is 7.98. The molecule has 304 valence electrons. The molecule has 0 bridgehead atoms. The lowest BCUT2D eigenvalue weighted by Crippen LogP contribution is -2.52. The number of fused-ring (bicyclic) bond motifs is 1. The zero-order valence-electron chi connectivity index (χ0n) is 31.9. The van der Waals surface area contributed by atoms with Crippen LogP contribution in [-0.4, -0.2) is 106 Å². The van der Waals surface area contributed by atoms with Crippen molar-refractivity contribution in [3.05, 3.63) is 35.5 Å². The minimum absolute atomic E-state index is 0.102. The lowest BCUT2D eigenvalue weighted by Gasteiger charge is -2.34. The van der Waals surface area contributed by atoms with Crippen LogP contribution in [0.1, 0.15) is 101 Å². The predicted molar refractivity (Wildman–Crippen MR) is 190 cm³/mol. The minimum Gasteiger partial charge on any atom is -0.444 e. The van der Waals surface area contributed by atoms with Crippen LogP contribution in [0.15, 0.2) is 18.5 Å². The number of ether oxygens (including phenoxy) is 1. The van der Waals surface area contributed by atoms with Gasteiger partial charge in [-0.3, -0.25) is 19.2 Å². The Morgan fingerprint density at radius 1 is 1.12 bits per heavy atom. The second-order valence-corrected chi connectivity index (χ2v) is 16.4. The van der Waals surface area contributed by atoms with Gasteiger partial charge in [-0.15, -0.1) is 0 Å². The third-order valence-electron chi connectivity index (χ3n) is 11.1. The van der Waals surface area contributed by atoms with Gasteiger partial charge in [0.15, 0.2) is 5.69 Å². The van der Waals surface area contributed by atoms with E-state index >= 15 is 0 Å². The van der Waals surface area contributed by atoms with E-state index in [9.17, 15) is 36.3 Å². The van der Waals surface area contributed by atoms with Crippen LogP contribution in [0.4, 0.5) is 32.6 Å². The Kier molecular flexibility index (Phi) is 10.6. The number of nitrogens with zero attached hydrogens (tertiary/aromatic N) is 8. The number of hydrogen-bond acceptors (Lipinski definition) is 8. The Morgan fingerprint density at radius 2 is 1.86 bits per heavy atom. The highest BCUT2D eigenvalue weighted by molar-refractivity contribution is 5.92. The molecule has 0 spiro atoms. The van der Waals surface area contributed by atoms with Crippen molar-refractivity contribution in [3.63, 3.8) is 0 Å². The summed E-state index contributed by atoms with van der Waals surface area (Å²) in [5.74, 6) is -6.47. The molecule has 2 aliphatic carbocycles. The molecule has 2 N–H and O–H groups in total. The van der Waals surface area contributed by atoms with E-state index in [4.69, 9.17) is 19.8 Å². The highest BCUT2D eigenvalue weighted by Gasteiger charge is 2.47. The molecule has 3 aromatic rings. The molecule has 56 heavy (non-hydrogen) atoms. The van der Waals surface area contributed by atoms with Gasteiger partial charge in [-0.2, -0.15) is 32.9 Å². The second-order valence-electron chi connectivity index (χ2n) is 16.4. The molecule has 3 fully saturated rings. The second kappa shape index (κ2) is 15.0. The quantitative estimate of drug-likeness (QED) is 0.221. The molecule has 1 saturated heterocycles.